The molecular formula is C25H25ClN2O6. The second-order valence-electron chi connectivity index (χ2n) is 8.17. The Bertz CT molecular complexity index is 1200. The number of aryl methyl sites for hydroxylation is 2. The average molecular weight is 485 g/mol. The van der Waals surface area contributed by atoms with Gasteiger partial charge in [-0.05, 0) is 50.5 Å². The van der Waals surface area contributed by atoms with Crippen molar-refractivity contribution >= 4 is 23.5 Å². The highest BCUT2D eigenvalue weighted by Gasteiger charge is 2.42. The number of nitrogens with zero attached hydrogens (tertiary/aromatic N) is 2. The molecule has 2 heterocycles. The van der Waals surface area contributed by atoms with Crippen molar-refractivity contribution < 1.29 is 28.7 Å². The summed E-state index contributed by atoms with van der Waals surface area (Å²) in [7, 11) is 1.49. The van der Waals surface area contributed by atoms with Crippen molar-refractivity contribution in [2.75, 3.05) is 7.11 Å². The summed E-state index contributed by atoms with van der Waals surface area (Å²) in [4.78, 5) is 27.1. The third-order valence-corrected chi connectivity index (χ3v) is 6.44. The van der Waals surface area contributed by atoms with Crippen LogP contribution in [0.2, 0.25) is 5.02 Å². The van der Waals surface area contributed by atoms with Crippen LogP contribution >= 0.6 is 11.6 Å². The molecule has 178 valence electrons. The molecule has 1 amide bonds. The zero-order valence-electron chi connectivity index (χ0n) is 19.1. The minimum atomic E-state index is -1.05. The molecule has 1 fully saturated rings. The monoisotopic (exact) mass is 484 g/mol. The van der Waals surface area contributed by atoms with E-state index in [9.17, 15) is 14.7 Å². The van der Waals surface area contributed by atoms with E-state index in [0.29, 0.717) is 35.1 Å². The topological polar surface area (TPSA) is 102 Å². The fourth-order valence-electron chi connectivity index (χ4n) is 4.30. The van der Waals surface area contributed by atoms with E-state index < -0.39 is 24.0 Å². The van der Waals surface area contributed by atoms with Gasteiger partial charge in [-0.2, -0.15) is 0 Å². The number of carbonyl (C=O) groups is 2. The summed E-state index contributed by atoms with van der Waals surface area (Å²) in [5, 5.41) is 14.2. The molecule has 0 spiro atoms. The summed E-state index contributed by atoms with van der Waals surface area (Å²) in [5.41, 5.74) is 2.53. The van der Waals surface area contributed by atoms with E-state index in [0.717, 1.165) is 16.8 Å². The van der Waals surface area contributed by atoms with Crippen molar-refractivity contribution in [3.8, 4) is 11.5 Å². The molecule has 8 nitrogen and oxygen atoms in total. The summed E-state index contributed by atoms with van der Waals surface area (Å²) in [6, 6.07) is 10.6. The van der Waals surface area contributed by atoms with Gasteiger partial charge in [0, 0.05) is 16.7 Å². The molecule has 1 aliphatic heterocycles. The van der Waals surface area contributed by atoms with E-state index in [1.165, 1.54) is 12.0 Å². The standard InChI is InChI=1S/C25H25ClN2O6/c1-14-20(15(2)34-27-14)13-33-18-11-16(10-17(12-18)32-3)24(29)28-22(8-9-23(28)25(30)31)19-6-4-5-7-21(19)26/h4-7,10-12,22-23H,8-9,13H2,1-3H3,(H,30,31)/t22?,23-/m0/s1. The highest BCUT2D eigenvalue weighted by molar-refractivity contribution is 6.31. The largest absolute Gasteiger partial charge is 0.497 e. The Kier molecular flexibility index (Phi) is 6.79. The number of hydrogen-bond acceptors (Lipinski definition) is 6. The maximum absolute atomic E-state index is 13.7. The number of ether oxygens (including phenoxy) is 2. The first kappa shape index (κ1) is 23.6. The van der Waals surface area contributed by atoms with Crippen molar-refractivity contribution in [2.45, 2.75) is 45.4 Å². The van der Waals surface area contributed by atoms with Crippen molar-refractivity contribution in [1.29, 1.82) is 0 Å². The van der Waals surface area contributed by atoms with Crippen LogP contribution in [0.15, 0.2) is 47.0 Å². The van der Waals surface area contributed by atoms with Crippen LogP contribution in [0.5, 0.6) is 11.5 Å². The first-order chi connectivity index (χ1) is 16.3. The Labute approximate surface area is 202 Å². The van der Waals surface area contributed by atoms with Gasteiger partial charge in [0.15, 0.2) is 0 Å². The number of carbonyl (C=O) groups excluding carboxylic acids is 1. The fraction of sp³-hybridized carbons (Fsp3) is 0.320. The molecule has 0 bridgehead atoms. The summed E-state index contributed by atoms with van der Waals surface area (Å²) in [5.74, 6) is -0.0136. The Morgan fingerprint density at radius 3 is 2.56 bits per heavy atom. The van der Waals surface area contributed by atoms with Gasteiger partial charge in [0.25, 0.3) is 5.91 Å². The van der Waals surface area contributed by atoms with E-state index in [4.69, 9.17) is 25.6 Å². The number of aliphatic carboxylic acids is 1. The Morgan fingerprint density at radius 2 is 1.91 bits per heavy atom. The second-order valence-corrected chi connectivity index (χ2v) is 8.58. The molecule has 1 saturated heterocycles. The zero-order valence-corrected chi connectivity index (χ0v) is 19.8. The number of amides is 1. The first-order valence-electron chi connectivity index (χ1n) is 10.8. The highest BCUT2D eigenvalue weighted by Crippen LogP contribution is 2.40. The van der Waals surface area contributed by atoms with E-state index in [2.05, 4.69) is 5.16 Å². The predicted molar refractivity (Wildman–Crippen MR) is 124 cm³/mol. The number of hydrogen-bond donors (Lipinski definition) is 1. The smallest absolute Gasteiger partial charge is 0.326 e. The van der Waals surface area contributed by atoms with E-state index in [-0.39, 0.29) is 12.2 Å². The van der Waals surface area contributed by atoms with Gasteiger partial charge in [-0.25, -0.2) is 4.79 Å². The lowest BCUT2D eigenvalue weighted by Gasteiger charge is -2.29. The van der Waals surface area contributed by atoms with Gasteiger partial charge in [0.1, 0.15) is 29.9 Å². The maximum Gasteiger partial charge on any atom is 0.326 e. The van der Waals surface area contributed by atoms with Gasteiger partial charge in [-0.3, -0.25) is 4.79 Å². The summed E-state index contributed by atoms with van der Waals surface area (Å²) in [6.45, 7) is 3.82. The molecule has 34 heavy (non-hydrogen) atoms. The Hall–Kier alpha value is -3.52. The van der Waals surface area contributed by atoms with Crippen LogP contribution in [-0.2, 0) is 11.4 Å². The normalized spacial score (nSPS) is 17.6. The van der Waals surface area contributed by atoms with Crippen LogP contribution in [0.1, 0.15) is 51.8 Å². The van der Waals surface area contributed by atoms with Gasteiger partial charge >= 0.3 is 5.97 Å². The van der Waals surface area contributed by atoms with Crippen LogP contribution in [-0.4, -0.2) is 40.2 Å². The number of rotatable bonds is 7. The molecule has 9 heteroatoms. The molecule has 1 aromatic heterocycles. The lowest BCUT2D eigenvalue weighted by atomic mass is 10.0. The number of likely N-dealkylation sites (tertiary alicyclic amines) is 1. The van der Waals surface area contributed by atoms with Crippen LogP contribution in [0.3, 0.4) is 0 Å². The van der Waals surface area contributed by atoms with E-state index >= 15 is 0 Å². The average Bonchev–Trinajstić information content (AvgIpc) is 3.40. The van der Waals surface area contributed by atoms with Crippen molar-refractivity contribution in [2.24, 2.45) is 0 Å². The quantitative estimate of drug-likeness (QED) is 0.505. The number of aromatic nitrogens is 1. The molecule has 1 aliphatic rings. The summed E-state index contributed by atoms with van der Waals surface area (Å²) < 4.78 is 16.5. The number of carboxylic acids is 1. The minimum Gasteiger partial charge on any atom is -0.497 e. The number of halogens is 1. The second kappa shape index (κ2) is 9.77. The van der Waals surface area contributed by atoms with Gasteiger partial charge < -0.3 is 24.0 Å². The molecule has 4 rings (SSSR count). The number of methoxy groups -OCH3 is 1. The summed E-state index contributed by atoms with van der Waals surface area (Å²) in [6.07, 6.45) is 0.822. The van der Waals surface area contributed by atoms with Crippen LogP contribution in [0, 0.1) is 13.8 Å². The van der Waals surface area contributed by atoms with Gasteiger partial charge in [-0.1, -0.05) is 35.0 Å². The molecular weight excluding hydrogens is 460 g/mol. The molecule has 0 radical (unpaired) electrons. The SMILES string of the molecule is COc1cc(OCc2c(C)noc2C)cc(C(=O)N2C(c3ccccc3Cl)CC[C@H]2C(=O)O)c1. The third-order valence-electron chi connectivity index (χ3n) is 6.10. The van der Waals surface area contributed by atoms with Gasteiger partial charge in [-0.15, -0.1) is 0 Å². The molecule has 3 aromatic rings. The molecule has 0 aliphatic carbocycles. The third kappa shape index (κ3) is 4.59. The fourth-order valence-corrected chi connectivity index (χ4v) is 4.56. The number of carboxylic acid groups (broad SMARTS) is 1. The Morgan fingerprint density at radius 1 is 1.18 bits per heavy atom. The van der Waals surface area contributed by atoms with Crippen LogP contribution in [0.25, 0.3) is 0 Å². The minimum absolute atomic E-state index is 0.200. The van der Waals surface area contributed by atoms with E-state index in [1.54, 1.807) is 37.3 Å². The van der Waals surface area contributed by atoms with Gasteiger partial charge in [0.05, 0.1) is 24.4 Å². The van der Waals surface area contributed by atoms with Crippen molar-refractivity contribution in [3.05, 3.63) is 75.6 Å². The Balaban J connectivity index is 1.67. The molecule has 1 N–H and O–H groups in total. The number of benzene rings is 2. The lowest BCUT2D eigenvalue weighted by molar-refractivity contribution is -0.141. The lowest BCUT2D eigenvalue weighted by Crippen LogP contribution is -2.41. The molecule has 0 saturated carbocycles. The zero-order chi connectivity index (χ0) is 24.4. The van der Waals surface area contributed by atoms with Crippen LogP contribution < -0.4 is 9.47 Å². The van der Waals surface area contributed by atoms with E-state index in [1.807, 2.05) is 19.1 Å². The molecule has 2 atom stereocenters. The molecule has 2 aromatic carbocycles. The maximum atomic E-state index is 13.7. The van der Waals surface area contributed by atoms with Crippen molar-refractivity contribution in [3.63, 3.8) is 0 Å². The predicted octanol–water partition coefficient (Wildman–Crippen LogP) is 4.96. The highest BCUT2D eigenvalue weighted by atomic mass is 35.5. The van der Waals surface area contributed by atoms with Crippen molar-refractivity contribution in [1.82, 2.24) is 10.1 Å². The first-order valence-corrected chi connectivity index (χ1v) is 11.2. The van der Waals surface area contributed by atoms with Gasteiger partial charge in [0.2, 0.25) is 0 Å². The van der Waals surface area contributed by atoms with Crippen LogP contribution in [0.4, 0.5) is 0 Å². The summed E-state index contributed by atoms with van der Waals surface area (Å²) >= 11 is 6.40. The molecule has 1 unspecified atom stereocenters.